The molecule has 0 saturated carbocycles. The number of hydrogen-bond acceptors (Lipinski definition) is 7. The zero-order chi connectivity index (χ0) is 67.5. The van der Waals surface area contributed by atoms with Crippen LogP contribution in [0.15, 0.2) is 219 Å². The van der Waals surface area contributed by atoms with Gasteiger partial charge in [-0.3, -0.25) is 9.59 Å². The highest BCUT2D eigenvalue weighted by atomic mass is 16.7. The zero-order valence-corrected chi connectivity index (χ0v) is 59.1. The summed E-state index contributed by atoms with van der Waals surface area (Å²) >= 11 is 0. The van der Waals surface area contributed by atoms with Crippen molar-refractivity contribution >= 4 is 17.9 Å². The smallest absolute Gasteiger partial charge is 0.361 e. The molecule has 9 nitrogen and oxygen atoms in total. The SMILES string of the molecule is CC/C=C\C/C=C\C/C=C\C/C=C\C/C=C\C/C=C\C/C=C\C/C=C\C/C=C\C/C=C\CCCCC(=O)OC(COC(=O)CCCCCCCCCCCC/C=C\C/C=C\C/C=C\C/C=C\C/C=C\C/C=C\C/C=C\C/C=C\CC)COC(OCC[N+](C)(C)C)C(=O)O. The van der Waals surface area contributed by atoms with Crippen LogP contribution in [0.2, 0.25) is 0 Å². The van der Waals surface area contributed by atoms with Gasteiger partial charge in [0, 0.05) is 12.8 Å². The number of allylic oxidation sites excluding steroid dienone is 36. The summed E-state index contributed by atoms with van der Waals surface area (Å²) in [6.45, 7) is 4.56. The molecule has 0 heterocycles. The third kappa shape index (κ3) is 72.9. The molecule has 0 rings (SSSR count). The van der Waals surface area contributed by atoms with E-state index in [1.807, 2.05) is 21.1 Å². The lowest BCUT2D eigenvalue weighted by Gasteiger charge is -2.25. The average Bonchev–Trinajstić information content (AvgIpc) is 3.74. The van der Waals surface area contributed by atoms with Gasteiger partial charge in [-0.05, 0) is 154 Å². The number of carboxylic acids is 1. The van der Waals surface area contributed by atoms with Crippen molar-refractivity contribution in [2.45, 2.75) is 245 Å². The van der Waals surface area contributed by atoms with E-state index in [0.29, 0.717) is 17.4 Å². The Morgan fingerprint density at radius 3 is 0.882 bits per heavy atom. The van der Waals surface area contributed by atoms with E-state index >= 15 is 0 Å². The molecule has 0 saturated heterocycles. The standard InChI is InChI=1S/C84H129NO8/c1-6-8-10-12-14-16-18-20-22-24-26-28-30-32-34-36-38-40-41-43-44-46-48-50-52-54-56-58-60-62-64-66-68-70-72-74-81(86)91-78-80(79-92-84(83(88)89)90-77-76-85(3,4)5)93-82(87)75-73-71-69-67-65-63-61-59-57-55-53-51-49-47-45-42-39-37-35-33-31-29-27-25-23-21-19-17-15-13-11-9-7-2/h8-11,14-17,20-23,26-29,32-35,38-40,42-44,47-50,53,55,59,61,65,67,80,84H,6-7,12-13,18-19,24-25,30-31,36-37,41,45-46,51-52,54,56-58,60,62-64,66,68-79H2,1-5H3/p+1/b10-8-,11-9-,16-14-,17-15-,22-20-,23-21-,28-26-,29-27-,34-32-,35-33-,40-38-,42-39-,44-43-,49-47-,50-48-,55-53-,61-59-,67-65-. The van der Waals surface area contributed by atoms with Crippen molar-refractivity contribution in [3.8, 4) is 0 Å². The number of ether oxygens (including phenoxy) is 4. The number of rotatable bonds is 63. The lowest BCUT2D eigenvalue weighted by Crippen LogP contribution is -2.40. The first-order valence-corrected chi connectivity index (χ1v) is 35.9. The first-order valence-electron chi connectivity index (χ1n) is 35.9. The van der Waals surface area contributed by atoms with Gasteiger partial charge in [-0.25, -0.2) is 4.79 Å². The van der Waals surface area contributed by atoms with Crippen molar-refractivity contribution in [3.05, 3.63) is 219 Å². The van der Waals surface area contributed by atoms with Crippen LogP contribution in [-0.2, 0) is 33.3 Å². The van der Waals surface area contributed by atoms with Crippen molar-refractivity contribution in [1.82, 2.24) is 0 Å². The lowest BCUT2D eigenvalue weighted by atomic mass is 10.1. The van der Waals surface area contributed by atoms with Gasteiger partial charge < -0.3 is 28.5 Å². The highest BCUT2D eigenvalue weighted by molar-refractivity contribution is 5.71. The maximum Gasteiger partial charge on any atom is 0.361 e. The van der Waals surface area contributed by atoms with Crippen molar-refractivity contribution in [1.29, 1.82) is 0 Å². The van der Waals surface area contributed by atoms with Gasteiger partial charge in [0.25, 0.3) is 6.29 Å². The molecule has 0 aromatic rings. The van der Waals surface area contributed by atoms with Crippen molar-refractivity contribution in [2.24, 2.45) is 0 Å². The number of quaternary nitrogens is 1. The van der Waals surface area contributed by atoms with E-state index in [-0.39, 0.29) is 38.6 Å². The molecule has 1 N–H and O–H groups in total. The summed E-state index contributed by atoms with van der Waals surface area (Å²) in [7, 11) is 5.94. The summed E-state index contributed by atoms with van der Waals surface area (Å²) < 4.78 is 22.9. The Hall–Kier alpha value is -6.39. The molecular formula is C84H130NO8+. The second kappa shape index (κ2) is 71.5. The highest BCUT2D eigenvalue weighted by Gasteiger charge is 2.25. The molecule has 2 unspecified atom stereocenters. The van der Waals surface area contributed by atoms with Gasteiger partial charge in [-0.1, -0.05) is 284 Å². The number of likely N-dealkylation sites (N-methyl/N-ethyl adjacent to an activating group) is 1. The topological polar surface area (TPSA) is 108 Å². The van der Waals surface area contributed by atoms with Crippen LogP contribution in [0.5, 0.6) is 0 Å². The van der Waals surface area contributed by atoms with Crippen LogP contribution in [0, 0.1) is 0 Å². The van der Waals surface area contributed by atoms with Crippen molar-refractivity contribution in [3.63, 3.8) is 0 Å². The van der Waals surface area contributed by atoms with Crippen LogP contribution >= 0.6 is 0 Å². The molecule has 93 heavy (non-hydrogen) atoms. The normalized spacial score (nSPS) is 14.0. The summed E-state index contributed by atoms with van der Waals surface area (Å²) in [5.41, 5.74) is 0. The molecule has 0 aromatic carbocycles. The van der Waals surface area contributed by atoms with Gasteiger partial charge >= 0.3 is 17.9 Å². The quantitative estimate of drug-likeness (QED) is 0.0211. The molecule has 0 fully saturated rings. The van der Waals surface area contributed by atoms with Gasteiger partial charge in [0.15, 0.2) is 6.10 Å². The molecule has 0 aliphatic carbocycles. The van der Waals surface area contributed by atoms with Crippen LogP contribution in [0.1, 0.15) is 232 Å². The largest absolute Gasteiger partial charge is 0.477 e. The van der Waals surface area contributed by atoms with Crippen LogP contribution in [0.4, 0.5) is 0 Å². The second-order valence-corrected chi connectivity index (χ2v) is 24.1. The number of hydrogen-bond donors (Lipinski definition) is 1. The minimum Gasteiger partial charge on any atom is -0.477 e. The fourth-order valence-electron chi connectivity index (χ4n) is 8.82. The number of aliphatic carboxylic acids is 1. The van der Waals surface area contributed by atoms with E-state index in [2.05, 4.69) is 233 Å². The number of carbonyl (C=O) groups is 3. The second-order valence-electron chi connectivity index (χ2n) is 24.1. The number of nitrogens with zero attached hydrogens (tertiary/aromatic N) is 1. The van der Waals surface area contributed by atoms with E-state index < -0.39 is 24.3 Å². The third-order valence-electron chi connectivity index (χ3n) is 14.2. The summed E-state index contributed by atoms with van der Waals surface area (Å²) in [5, 5.41) is 9.75. The molecule has 0 spiro atoms. The van der Waals surface area contributed by atoms with Crippen molar-refractivity contribution < 1.29 is 42.9 Å². The lowest BCUT2D eigenvalue weighted by molar-refractivity contribution is -0.870. The number of carboxylic acid groups (broad SMARTS) is 1. The van der Waals surface area contributed by atoms with Crippen molar-refractivity contribution in [2.75, 3.05) is 47.5 Å². The first kappa shape index (κ1) is 86.6. The van der Waals surface area contributed by atoms with Crippen LogP contribution < -0.4 is 0 Å². The maximum absolute atomic E-state index is 12.9. The number of unbranched alkanes of at least 4 members (excludes halogenated alkanes) is 12. The fraction of sp³-hybridized carbons (Fsp3) is 0.536. The molecule has 2 atom stereocenters. The third-order valence-corrected chi connectivity index (χ3v) is 14.2. The van der Waals surface area contributed by atoms with Gasteiger partial charge in [0.05, 0.1) is 34.4 Å². The molecule has 0 aliphatic rings. The van der Waals surface area contributed by atoms with Gasteiger partial charge in [-0.2, -0.15) is 0 Å². The van der Waals surface area contributed by atoms with Crippen LogP contribution in [0.3, 0.4) is 0 Å². The monoisotopic (exact) mass is 1280 g/mol. The summed E-state index contributed by atoms with van der Waals surface area (Å²) in [6.07, 6.45) is 110. The molecule has 0 aliphatic heterocycles. The average molecular weight is 1280 g/mol. The minimum atomic E-state index is -1.54. The Kier molecular flexibility index (Phi) is 66.5. The Balaban J connectivity index is 4.29. The van der Waals surface area contributed by atoms with Crippen LogP contribution in [0.25, 0.3) is 0 Å². The number of esters is 2. The van der Waals surface area contributed by atoms with E-state index in [1.165, 1.54) is 38.5 Å². The molecule has 0 aromatic heterocycles. The molecule has 0 bridgehead atoms. The fourth-order valence-corrected chi connectivity index (χ4v) is 8.82. The van der Waals surface area contributed by atoms with Crippen LogP contribution in [-0.4, -0.2) is 87.4 Å². The van der Waals surface area contributed by atoms with Gasteiger partial charge in [0.2, 0.25) is 0 Å². The minimum absolute atomic E-state index is 0.166. The van der Waals surface area contributed by atoms with E-state index in [9.17, 15) is 19.5 Å². The predicted octanol–water partition coefficient (Wildman–Crippen LogP) is 22.9. The maximum atomic E-state index is 12.9. The Morgan fingerprint density at radius 1 is 0.323 bits per heavy atom. The summed E-state index contributed by atoms with van der Waals surface area (Å²) in [6, 6.07) is 0. The molecule has 518 valence electrons. The van der Waals surface area contributed by atoms with Gasteiger partial charge in [-0.15, -0.1) is 0 Å². The summed E-state index contributed by atoms with van der Waals surface area (Å²) in [5.74, 6) is -2.10. The van der Waals surface area contributed by atoms with Gasteiger partial charge in [0.1, 0.15) is 13.2 Å². The molecular weight excluding hydrogens is 1150 g/mol. The summed E-state index contributed by atoms with van der Waals surface area (Å²) in [4.78, 5) is 37.6. The zero-order valence-electron chi connectivity index (χ0n) is 59.1. The molecule has 0 amide bonds. The highest BCUT2D eigenvalue weighted by Crippen LogP contribution is 2.14. The molecule has 0 radical (unpaired) electrons. The number of carbonyl (C=O) groups excluding carboxylic acids is 2. The Bertz CT molecular complexity index is 2330. The van der Waals surface area contributed by atoms with E-state index in [0.717, 1.165) is 161 Å². The first-order chi connectivity index (χ1) is 45.6. The van der Waals surface area contributed by atoms with E-state index in [4.69, 9.17) is 18.9 Å². The molecule has 9 heteroatoms. The predicted molar refractivity (Wildman–Crippen MR) is 400 cm³/mol. The Labute approximate surface area is 568 Å². The van der Waals surface area contributed by atoms with E-state index in [1.54, 1.807) is 0 Å². The Morgan fingerprint density at radius 2 is 0.581 bits per heavy atom.